The topological polar surface area (TPSA) is 114 Å². The molecule has 1 aromatic rings. The third kappa shape index (κ3) is 5.14. The van der Waals surface area contributed by atoms with Gasteiger partial charge in [-0.2, -0.15) is 0 Å². The summed E-state index contributed by atoms with van der Waals surface area (Å²) in [7, 11) is 0. The normalized spacial score (nSPS) is 21.9. The van der Waals surface area contributed by atoms with Crippen LogP contribution < -0.4 is 20.5 Å². The van der Waals surface area contributed by atoms with E-state index in [0.717, 1.165) is 25.1 Å². The van der Waals surface area contributed by atoms with E-state index in [1.54, 1.807) is 6.07 Å². The minimum atomic E-state index is -0.520. The molecule has 3 rings (SSSR count). The molecule has 0 radical (unpaired) electrons. The summed E-state index contributed by atoms with van der Waals surface area (Å²) < 4.78 is 11.2. The summed E-state index contributed by atoms with van der Waals surface area (Å²) in [5.41, 5.74) is 6.56. The number of β-amino-alcohol motifs (C(OH)–C–C–N with tert-alkyl or cyclic N) is 1. The molecular weight excluding hydrogens is 362 g/mol. The Morgan fingerprint density at radius 3 is 2.86 bits per heavy atom. The number of piperidine rings is 1. The number of fused-ring (bicyclic) bond motifs is 1. The van der Waals surface area contributed by atoms with Gasteiger partial charge < -0.3 is 30.5 Å². The summed E-state index contributed by atoms with van der Waals surface area (Å²) >= 11 is 0. The van der Waals surface area contributed by atoms with Crippen molar-refractivity contribution < 1.29 is 24.2 Å². The predicted octanol–water partition coefficient (Wildman–Crippen LogP) is 0.444. The third-order valence-corrected chi connectivity index (χ3v) is 5.26. The molecule has 0 aliphatic carbocycles. The monoisotopic (exact) mass is 391 g/mol. The molecule has 0 aromatic heterocycles. The molecule has 8 heteroatoms. The van der Waals surface area contributed by atoms with Crippen molar-refractivity contribution in [2.45, 2.75) is 32.3 Å². The highest BCUT2D eigenvalue weighted by Gasteiger charge is 2.28. The molecule has 4 N–H and O–H groups in total. The number of hydrogen-bond acceptors (Lipinski definition) is 6. The Bertz CT molecular complexity index is 724. The van der Waals surface area contributed by atoms with Crippen molar-refractivity contribution in [2.75, 3.05) is 39.4 Å². The van der Waals surface area contributed by atoms with Crippen LogP contribution in [0.4, 0.5) is 0 Å². The molecule has 1 fully saturated rings. The molecule has 8 nitrogen and oxygen atoms in total. The lowest BCUT2D eigenvalue weighted by Gasteiger charge is -2.36. The van der Waals surface area contributed by atoms with E-state index in [4.69, 9.17) is 15.2 Å². The van der Waals surface area contributed by atoms with Gasteiger partial charge in [0.2, 0.25) is 5.91 Å². The maximum Gasteiger partial charge on any atom is 0.255 e. The number of amides is 2. The van der Waals surface area contributed by atoms with Gasteiger partial charge in [0, 0.05) is 25.4 Å². The number of rotatable bonds is 7. The van der Waals surface area contributed by atoms with Gasteiger partial charge in [-0.15, -0.1) is 0 Å². The number of nitrogens with two attached hydrogens (primary N) is 1. The summed E-state index contributed by atoms with van der Waals surface area (Å²) in [6, 6.07) is 3.66. The zero-order valence-electron chi connectivity index (χ0n) is 16.3. The number of carbonyl (C=O) groups excluding carboxylic acids is 2. The van der Waals surface area contributed by atoms with Crippen molar-refractivity contribution in [3.05, 3.63) is 23.3 Å². The summed E-state index contributed by atoms with van der Waals surface area (Å²) in [5, 5.41) is 13.4. The molecule has 0 bridgehead atoms. The number of ether oxygens (including phenoxy) is 2. The van der Waals surface area contributed by atoms with Gasteiger partial charge in [-0.1, -0.05) is 0 Å². The van der Waals surface area contributed by atoms with Gasteiger partial charge in [-0.05, 0) is 50.6 Å². The van der Waals surface area contributed by atoms with Gasteiger partial charge in [-0.3, -0.25) is 9.59 Å². The van der Waals surface area contributed by atoms with E-state index in [9.17, 15) is 14.7 Å². The summed E-state index contributed by atoms with van der Waals surface area (Å²) in [6.45, 7) is 5.31. The number of hydrogen-bond donors (Lipinski definition) is 3. The largest absolute Gasteiger partial charge is 0.486 e. The number of primary amides is 1. The summed E-state index contributed by atoms with van der Waals surface area (Å²) in [4.78, 5) is 25.7. The van der Waals surface area contributed by atoms with Crippen LogP contribution in [0.3, 0.4) is 0 Å². The van der Waals surface area contributed by atoms with Crippen LogP contribution in [0.5, 0.6) is 11.5 Å². The van der Waals surface area contributed by atoms with Gasteiger partial charge in [0.25, 0.3) is 5.91 Å². The molecule has 28 heavy (non-hydrogen) atoms. The fourth-order valence-corrected chi connectivity index (χ4v) is 3.74. The highest BCUT2D eigenvalue weighted by atomic mass is 16.6. The highest BCUT2D eigenvalue weighted by molar-refractivity contribution is 5.98. The third-order valence-electron chi connectivity index (χ3n) is 5.26. The maximum atomic E-state index is 12.7. The number of nitrogens with one attached hydrogen (secondary N) is 1. The number of benzene rings is 1. The molecule has 0 saturated carbocycles. The Morgan fingerprint density at radius 2 is 2.11 bits per heavy atom. The van der Waals surface area contributed by atoms with Crippen molar-refractivity contribution in [1.29, 1.82) is 0 Å². The Morgan fingerprint density at radius 1 is 1.32 bits per heavy atom. The van der Waals surface area contributed by atoms with E-state index >= 15 is 0 Å². The van der Waals surface area contributed by atoms with E-state index < -0.39 is 6.10 Å². The van der Waals surface area contributed by atoms with Crippen LogP contribution in [0.2, 0.25) is 0 Å². The molecule has 2 aliphatic heterocycles. The first-order valence-corrected chi connectivity index (χ1v) is 9.81. The second kappa shape index (κ2) is 9.25. The molecule has 2 atom stereocenters. The van der Waals surface area contributed by atoms with Crippen LogP contribution in [-0.4, -0.2) is 67.3 Å². The first-order valence-electron chi connectivity index (χ1n) is 9.81. The van der Waals surface area contributed by atoms with E-state index in [1.165, 1.54) is 0 Å². The Labute approximate surface area is 165 Å². The lowest BCUT2D eigenvalue weighted by molar-refractivity contribution is -0.118. The fourth-order valence-electron chi connectivity index (χ4n) is 3.74. The lowest BCUT2D eigenvalue weighted by Crippen LogP contribution is -2.48. The van der Waals surface area contributed by atoms with Gasteiger partial charge >= 0.3 is 0 Å². The second-order valence-electron chi connectivity index (χ2n) is 7.53. The number of nitrogens with zero attached hydrogens (tertiary/aromatic N) is 1. The predicted molar refractivity (Wildman–Crippen MR) is 103 cm³/mol. The Hall–Kier alpha value is -2.32. The Kier molecular flexibility index (Phi) is 6.74. The smallest absolute Gasteiger partial charge is 0.255 e. The first-order chi connectivity index (χ1) is 13.4. The first kappa shape index (κ1) is 20.4. The minimum absolute atomic E-state index is 0.00542. The quantitative estimate of drug-likeness (QED) is 0.622. The summed E-state index contributed by atoms with van der Waals surface area (Å²) in [5.74, 6) is 0.557. The van der Waals surface area contributed by atoms with Gasteiger partial charge in [0.1, 0.15) is 13.2 Å². The molecule has 2 heterocycles. The zero-order valence-corrected chi connectivity index (χ0v) is 16.3. The van der Waals surface area contributed by atoms with Crippen LogP contribution in [0.15, 0.2) is 12.1 Å². The number of carbonyl (C=O) groups is 2. The maximum absolute atomic E-state index is 12.7. The average molecular weight is 391 g/mol. The molecule has 154 valence electrons. The summed E-state index contributed by atoms with van der Waals surface area (Å²) in [6.07, 6.45) is 1.32. The van der Waals surface area contributed by atoms with Gasteiger partial charge in [-0.25, -0.2) is 0 Å². The Balaban J connectivity index is 1.52. The van der Waals surface area contributed by atoms with E-state index in [-0.39, 0.29) is 17.7 Å². The van der Waals surface area contributed by atoms with Crippen molar-refractivity contribution in [3.8, 4) is 11.5 Å². The number of aliphatic hydroxyl groups excluding tert-OH is 1. The van der Waals surface area contributed by atoms with Gasteiger partial charge in [0.05, 0.1) is 11.7 Å². The molecular formula is C20H29N3O5. The zero-order chi connectivity index (χ0) is 20.1. The molecule has 0 spiro atoms. The van der Waals surface area contributed by atoms with Crippen LogP contribution in [-0.2, 0) is 4.79 Å². The van der Waals surface area contributed by atoms with Crippen molar-refractivity contribution in [1.82, 2.24) is 10.2 Å². The lowest BCUT2D eigenvalue weighted by atomic mass is 9.93. The minimum Gasteiger partial charge on any atom is -0.486 e. The fraction of sp³-hybridized carbons (Fsp3) is 0.600. The number of aryl methyl sites for hydroxylation is 1. The molecule has 1 aromatic carbocycles. The van der Waals surface area contributed by atoms with Gasteiger partial charge in [0.15, 0.2) is 11.5 Å². The second-order valence-corrected chi connectivity index (χ2v) is 7.53. The van der Waals surface area contributed by atoms with Crippen molar-refractivity contribution in [2.24, 2.45) is 11.7 Å². The molecule has 2 amide bonds. The number of likely N-dealkylation sites (tertiary alicyclic amines) is 1. The van der Waals surface area contributed by atoms with Crippen molar-refractivity contribution in [3.63, 3.8) is 0 Å². The average Bonchev–Trinajstić information content (AvgIpc) is 2.66. The van der Waals surface area contributed by atoms with Crippen LogP contribution in [0.1, 0.15) is 35.2 Å². The van der Waals surface area contributed by atoms with Crippen LogP contribution in [0, 0.1) is 12.8 Å². The van der Waals surface area contributed by atoms with Crippen molar-refractivity contribution >= 4 is 11.8 Å². The SMILES string of the molecule is Cc1cc2c(c(C(=O)NC[C@@H]3CCN(CCCC(N)=O)C[C@H]3O)c1)OCCO2. The van der Waals surface area contributed by atoms with E-state index in [1.807, 2.05) is 13.0 Å². The number of aliphatic hydroxyl groups is 1. The van der Waals surface area contributed by atoms with E-state index in [0.29, 0.717) is 56.2 Å². The molecule has 0 unspecified atom stereocenters. The molecule has 1 saturated heterocycles. The van der Waals surface area contributed by atoms with Crippen LogP contribution in [0.25, 0.3) is 0 Å². The van der Waals surface area contributed by atoms with Crippen LogP contribution >= 0.6 is 0 Å². The molecule has 2 aliphatic rings. The highest BCUT2D eigenvalue weighted by Crippen LogP contribution is 2.35. The van der Waals surface area contributed by atoms with E-state index in [2.05, 4.69) is 10.2 Å². The standard InChI is InChI=1S/C20H29N3O5/c1-13-9-15(19-17(10-13)27-7-8-28-19)20(26)22-11-14-4-6-23(12-16(14)24)5-2-3-18(21)25/h9-10,14,16,24H,2-8,11-12H2,1H3,(H2,21,25)(H,22,26)/t14-,16+/m0/s1.